The first-order valence-corrected chi connectivity index (χ1v) is 5.62. The number of hydrogen-bond acceptors (Lipinski definition) is 3. The lowest BCUT2D eigenvalue weighted by Crippen LogP contribution is -2.07. The Bertz CT molecular complexity index is 434. The van der Waals surface area contributed by atoms with Crippen molar-refractivity contribution in [2.45, 2.75) is 6.92 Å². The minimum absolute atomic E-state index is 0.0828. The van der Waals surface area contributed by atoms with E-state index in [2.05, 4.69) is 0 Å². The first-order valence-electron chi connectivity index (χ1n) is 4.01. The number of ketones is 1. The Morgan fingerprint density at radius 3 is 2.67 bits per heavy atom. The molecule has 0 aromatic heterocycles. The fourth-order valence-electron chi connectivity index (χ4n) is 1.26. The van der Waals surface area contributed by atoms with Gasteiger partial charge in [-0.3, -0.25) is 14.9 Å². The Labute approximate surface area is 105 Å². The number of nitrogens with zero attached hydrogens (tertiary/aromatic N) is 1. The Balaban J connectivity index is 3.46. The van der Waals surface area contributed by atoms with Crippen LogP contribution in [0.5, 0.6) is 0 Å². The van der Waals surface area contributed by atoms with E-state index in [1.165, 1.54) is 6.07 Å². The number of hydrogen-bond donors (Lipinski definition) is 0. The number of benzene rings is 1. The Hall–Kier alpha value is -0.690. The lowest BCUT2D eigenvalue weighted by molar-refractivity contribution is -0.385. The van der Waals surface area contributed by atoms with Gasteiger partial charge in [-0.15, -0.1) is 11.6 Å². The van der Waals surface area contributed by atoms with E-state index in [1.807, 2.05) is 22.6 Å². The molecule has 0 radical (unpaired) electrons. The number of halogens is 2. The van der Waals surface area contributed by atoms with Gasteiger partial charge in [0.25, 0.3) is 5.69 Å². The molecule has 0 saturated carbocycles. The smallest absolute Gasteiger partial charge is 0.283 e. The van der Waals surface area contributed by atoms with Crippen LogP contribution in [0, 0.1) is 20.6 Å². The van der Waals surface area contributed by atoms with Crippen molar-refractivity contribution in [2.75, 3.05) is 5.88 Å². The normalized spacial score (nSPS) is 10.1. The van der Waals surface area contributed by atoms with Crippen LogP contribution in [0.1, 0.15) is 15.9 Å². The van der Waals surface area contributed by atoms with E-state index in [0.29, 0.717) is 5.56 Å². The van der Waals surface area contributed by atoms with Gasteiger partial charge in [-0.1, -0.05) is 0 Å². The molecule has 6 heteroatoms. The third-order valence-electron chi connectivity index (χ3n) is 1.87. The zero-order valence-electron chi connectivity index (χ0n) is 7.79. The molecule has 0 saturated heterocycles. The number of carbonyl (C=O) groups is 1. The fourth-order valence-corrected chi connectivity index (χ4v) is 2.18. The zero-order chi connectivity index (χ0) is 11.6. The Kier molecular flexibility index (Phi) is 4.04. The topological polar surface area (TPSA) is 60.2 Å². The molecular weight excluding hydrogens is 332 g/mol. The van der Waals surface area contributed by atoms with Gasteiger partial charge in [0.05, 0.1) is 16.4 Å². The number of alkyl halides is 1. The van der Waals surface area contributed by atoms with Crippen LogP contribution in [0.4, 0.5) is 5.69 Å². The SMILES string of the molecule is Cc1cc(I)cc(C(=O)CCl)c1[N+](=O)[O-]. The molecular formula is C9H7ClINO3. The summed E-state index contributed by atoms with van der Waals surface area (Å²) in [6, 6.07) is 3.14. The second-order valence-corrected chi connectivity index (χ2v) is 4.45. The third-order valence-corrected chi connectivity index (χ3v) is 2.74. The molecule has 0 atom stereocenters. The molecule has 0 aliphatic rings. The highest BCUT2D eigenvalue weighted by Gasteiger charge is 2.22. The van der Waals surface area contributed by atoms with E-state index in [-0.39, 0.29) is 17.1 Å². The van der Waals surface area contributed by atoms with Crippen LogP contribution < -0.4 is 0 Å². The molecule has 1 aromatic rings. The summed E-state index contributed by atoms with van der Waals surface area (Å²) in [5.74, 6) is -0.676. The van der Waals surface area contributed by atoms with Gasteiger partial charge in [-0.25, -0.2) is 0 Å². The largest absolute Gasteiger partial charge is 0.293 e. The maximum atomic E-state index is 11.4. The summed E-state index contributed by atoms with van der Waals surface area (Å²) in [7, 11) is 0. The Morgan fingerprint density at radius 2 is 2.20 bits per heavy atom. The van der Waals surface area contributed by atoms with Crippen LogP contribution in [-0.4, -0.2) is 16.6 Å². The van der Waals surface area contributed by atoms with E-state index in [1.54, 1.807) is 13.0 Å². The fraction of sp³-hybridized carbons (Fsp3) is 0.222. The van der Waals surface area contributed by atoms with Gasteiger partial charge in [0.2, 0.25) is 0 Å². The number of carbonyl (C=O) groups excluding carboxylic acids is 1. The van der Waals surface area contributed by atoms with Gasteiger partial charge in [0.1, 0.15) is 0 Å². The van der Waals surface area contributed by atoms with Crippen LogP contribution in [-0.2, 0) is 0 Å². The van der Waals surface area contributed by atoms with Gasteiger partial charge in [-0.05, 0) is 41.6 Å². The van der Waals surface area contributed by atoms with E-state index in [0.717, 1.165) is 3.57 Å². The van der Waals surface area contributed by atoms with Gasteiger partial charge in [-0.2, -0.15) is 0 Å². The molecule has 0 aliphatic heterocycles. The third kappa shape index (κ3) is 2.66. The van der Waals surface area contributed by atoms with Crippen LogP contribution >= 0.6 is 34.2 Å². The molecule has 80 valence electrons. The van der Waals surface area contributed by atoms with Crippen molar-refractivity contribution in [1.82, 2.24) is 0 Å². The number of Topliss-reactive ketones (excluding diaryl/α,β-unsaturated/α-hetero) is 1. The van der Waals surface area contributed by atoms with Crippen molar-refractivity contribution >= 4 is 45.7 Å². The van der Waals surface area contributed by atoms with Crippen LogP contribution in [0.25, 0.3) is 0 Å². The number of nitro benzene ring substituents is 1. The Morgan fingerprint density at radius 1 is 1.60 bits per heavy atom. The number of rotatable bonds is 3. The molecule has 0 bridgehead atoms. The van der Waals surface area contributed by atoms with Gasteiger partial charge < -0.3 is 0 Å². The maximum Gasteiger partial charge on any atom is 0.283 e. The first-order chi connectivity index (χ1) is 6.97. The summed E-state index contributed by atoms with van der Waals surface area (Å²) >= 11 is 7.40. The minimum Gasteiger partial charge on any atom is -0.293 e. The number of nitro groups is 1. The molecule has 0 spiro atoms. The lowest BCUT2D eigenvalue weighted by Gasteiger charge is -2.03. The molecule has 0 unspecified atom stereocenters. The lowest BCUT2D eigenvalue weighted by atomic mass is 10.1. The van der Waals surface area contributed by atoms with Crippen LogP contribution in [0.15, 0.2) is 12.1 Å². The van der Waals surface area contributed by atoms with E-state index >= 15 is 0 Å². The van der Waals surface area contributed by atoms with Crippen molar-refractivity contribution in [3.05, 3.63) is 36.9 Å². The predicted octanol–water partition coefficient (Wildman–Crippen LogP) is 2.93. The molecule has 4 nitrogen and oxygen atoms in total. The van der Waals surface area contributed by atoms with Crippen molar-refractivity contribution in [1.29, 1.82) is 0 Å². The van der Waals surface area contributed by atoms with E-state index < -0.39 is 10.7 Å². The van der Waals surface area contributed by atoms with E-state index in [9.17, 15) is 14.9 Å². The highest BCUT2D eigenvalue weighted by molar-refractivity contribution is 14.1. The van der Waals surface area contributed by atoms with Crippen molar-refractivity contribution in [2.24, 2.45) is 0 Å². The molecule has 0 heterocycles. The van der Waals surface area contributed by atoms with Crippen molar-refractivity contribution < 1.29 is 9.72 Å². The summed E-state index contributed by atoms with van der Waals surface area (Å²) in [5.41, 5.74) is 0.404. The van der Waals surface area contributed by atoms with Gasteiger partial charge in [0, 0.05) is 9.13 Å². The summed E-state index contributed by atoms with van der Waals surface area (Å²) in [6.07, 6.45) is 0. The molecule has 0 N–H and O–H groups in total. The first kappa shape index (κ1) is 12.4. The monoisotopic (exact) mass is 339 g/mol. The molecule has 0 fully saturated rings. The molecule has 1 aromatic carbocycles. The van der Waals surface area contributed by atoms with Crippen LogP contribution in [0.2, 0.25) is 0 Å². The highest BCUT2D eigenvalue weighted by Crippen LogP contribution is 2.26. The average Bonchev–Trinajstić information content (AvgIpc) is 2.14. The average molecular weight is 340 g/mol. The second kappa shape index (κ2) is 4.89. The number of aryl methyl sites for hydroxylation is 1. The predicted molar refractivity (Wildman–Crippen MR) is 65.6 cm³/mol. The standard InChI is InChI=1S/C9H7ClINO3/c1-5-2-6(11)3-7(8(13)4-10)9(5)12(14)15/h2-3H,4H2,1H3. The minimum atomic E-state index is -0.550. The van der Waals surface area contributed by atoms with Gasteiger partial charge >= 0.3 is 0 Å². The maximum absolute atomic E-state index is 11.4. The van der Waals surface area contributed by atoms with Crippen molar-refractivity contribution in [3.63, 3.8) is 0 Å². The highest BCUT2D eigenvalue weighted by atomic mass is 127. The van der Waals surface area contributed by atoms with Crippen molar-refractivity contribution in [3.8, 4) is 0 Å². The van der Waals surface area contributed by atoms with E-state index in [4.69, 9.17) is 11.6 Å². The molecule has 0 amide bonds. The molecule has 15 heavy (non-hydrogen) atoms. The van der Waals surface area contributed by atoms with Crippen LogP contribution in [0.3, 0.4) is 0 Å². The quantitative estimate of drug-likeness (QED) is 0.280. The summed E-state index contributed by atoms with van der Waals surface area (Å²) in [6.45, 7) is 1.60. The summed E-state index contributed by atoms with van der Waals surface area (Å²) in [5, 5.41) is 10.8. The van der Waals surface area contributed by atoms with Gasteiger partial charge in [0.15, 0.2) is 5.78 Å². The molecule has 1 rings (SSSR count). The zero-order valence-corrected chi connectivity index (χ0v) is 10.7. The second-order valence-electron chi connectivity index (χ2n) is 2.93. The molecule has 0 aliphatic carbocycles. The summed E-state index contributed by atoms with van der Waals surface area (Å²) < 4.78 is 0.782. The summed E-state index contributed by atoms with van der Waals surface area (Å²) in [4.78, 5) is 21.6.